The van der Waals surface area contributed by atoms with Crippen LogP contribution < -0.4 is 10.2 Å². The molecule has 0 aliphatic carbocycles. The number of anilines is 2. The lowest BCUT2D eigenvalue weighted by atomic mass is 10.1. The van der Waals surface area contributed by atoms with Crippen molar-refractivity contribution in [3.05, 3.63) is 59.2 Å². The maximum absolute atomic E-state index is 13.2. The predicted octanol–water partition coefficient (Wildman–Crippen LogP) is 3.50. The lowest BCUT2D eigenvalue weighted by Gasteiger charge is -2.35. The standard InChI is InChI=1S/C21H22F3N3O3/c1-26-8-10-27(11-9-26)18-7-6-16(21(22,23)24)13-17(18)25-19(28)14-4-3-5-15(12-14)20(29)30-2/h3-7,12-13H,8-11H2,1-2H3,(H,25,28). The Bertz CT molecular complexity index is 939. The van der Waals surface area contributed by atoms with Gasteiger partial charge in [0.25, 0.3) is 5.91 Å². The fraction of sp³-hybridized carbons (Fsp3) is 0.333. The number of carbonyl (C=O) groups is 2. The second-order valence-corrected chi connectivity index (χ2v) is 7.05. The van der Waals surface area contributed by atoms with Crippen LogP contribution >= 0.6 is 0 Å². The molecule has 1 saturated heterocycles. The summed E-state index contributed by atoms with van der Waals surface area (Å²) < 4.78 is 44.4. The quantitative estimate of drug-likeness (QED) is 0.766. The number of rotatable bonds is 4. The minimum atomic E-state index is -4.54. The van der Waals surface area contributed by atoms with Crippen molar-refractivity contribution >= 4 is 23.3 Å². The molecule has 1 heterocycles. The lowest BCUT2D eigenvalue weighted by Crippen LogP contribution is -2.44. The monoisotopic (exact) mass is 421 g/mol. The Morgan fingerprint density at radius 1 is 1.00 bits per heavy atom. The molecule has 1 N–H and O–H groups in total. The van der Waals surface area contributed by atoms with Gasteiger partial charge in [0.05, 0.1) is 29.6 Å². The summed E-state index contributed by atoms with van der Waals surface area (Å²) in [7, 11) is 3.20. The molecule has 1 aliphatic heterocycles. The van der Waals surface area contributed by atoms with Gasteiger partial charge in [0.2, 0.25) is 0 Å². The van der Waals surface area contributed by atoms with E-state index in [0.717, 1.165) is 25.2 Å². The molecule has 0 atom stereocenters. The van der Waals surface area contributed by atoms with Crippen LogP contribution in [0.5, 0.6) is 0 Å². The van der Waals surface area contributed by atoms with Crippen LogP contribution in [0.2, 0.25) is 0 Å². The summed E-state index contributed by atoms with van der Waals surface area (Å²) in [6.45, 7) is 2.77. The molecule has 0 unspecified atom stereocenters. The number of halogens is 3. The molecular weight excluding hydrogens is 399 g/mol. The van der Waals surface area contributed by atoms with Gasteiger partial charge >= 0.3 is 12.1 Å². The topological polar surface area (TPSA) is 61.9 Å². The van der Waals surface area contributed by atoms with E-state index in [1.54, 1.807) is 0 Å². The van der Waals surface area contributed by atoms with E-state index in [-0.39, 0.29) is 16.8 Å². The van der Waals surface area contributed by atoms with E-state index in [1.165, 1.54) is 37.4 Å². The third-order valence-corrected chi connectivity index (χ3v) is 4.96. The fourth-order valence-corrected chi connectivity index (χ4v) is 3.24. The first-order valence-electron chi connectivity index (χ1n) is 9.33. The first-order valence-corrected chi connectivity index (χ1v) is 9.33. The van der Waals surface area contributed by atoms with Crippen LogP contribution in [-0.2, 0) is 10.9 Å². The van der Waals surface area contributed by atoms with Crippen molar-refractivity contribution in [1.29, 1.82) is 0 Å². The number of esters is 1. The molecule has 1 fully saturated rings. The molecule has 2 aromatic carbocycles. The highest BCUT2D eigenvalue weighted by Gasteiger charge is 2.32. The maximum Gasteiger partial charge on any atom is 0.416 e. The summed E-state index contributed by atoms with van der Waals surface area (Å²) >= 11 is 0. The minimum Gasteiger partial charge on any atom is -0.465 e. The molecular formula is C21H22F3N3O3. The number of alkyl halides is 3. The number of nitrogens with zero attached hydrogens (tertiary/aromatic N) is 2. The maximum atomic E-state index is 13.2. The number of nitrogens with one attached hydrogen (secondary N) is 1. The normalized spacial score (nSPS) is 15.0. The number of amides is 1. The smallest absolute Gasteiger partial charge is 0.416 e. The van der Waals surface area contributed by atoms with Gasteiger partial charge < -0.3 is 19.9 Å². The number of benzene rings is 2. The zero-order chi connectivity index (χ0) is 21.9. The lowest BCUT2D eigenvalue weighted by molar-refractivity contribution is -0.137. The number of likely N-dealkylation sites (N-methyl/N-ethyl adjacent to an activating group) is 1. The van der Waals surface area contributed by atoms with Crippen LogP contribution in [-0.4, -0.2) is 57.1 Å². The summed E-state index contributed by atoms with van der Waals surface area (Å²) in [5.41, 5.74) is 0.0588. The molecule has 2 aromatic rings. The number of piperazine rings is 1. The molecule has 3 rings (SSSR count). The van der Waals surface area contributed by atoms with Crippen LogP contribution in [0.25, 0.3) is 0 Å². The van der Waals surface area contributed by atoms with E-state index < -0.39 is 23.6 Å². The number of hydrogen-bond donors (Lipinski definition) is 1. The Hall–Kier alpha value is -3.07. The SMILES string of the molecule is COC(=O)c1cccc(C(=O)Nc2cc(C(F)(F)F)ccc2N2CCN(C)CC2)c1. The van der Waals surface area contributed by atoms with Crippen LogP contribution in [0.1, 0.15) is 26.3 Å². The van der Waals surface area contributed by atoms with Crippen LogP contribution in [0.15, 0.2) is 42.5 Å². The average Bonchev–Trinajstić information content (AvgIpc) is 2.73. The van der Waals surface area contributed by atoms with Gasteiger partial charge in [-0.2, -0.15) is 13.2 Å². The Morgan fingerprint density at radius 2 is 1.67 bits per heavy atom. The molecule has 0 radical (unpaired) electrons. The molecule has 30 heavy (non-hydrogen) atoms. The predicted molar refractivity (Wildman–Crippen MR) is 107 cm³/mol. The van der Waals surface area contributed by atoms with Gasteiger partial charge in [-0.25, -0.2) is 4.79 Å². The molecule has 0 saturated carbocycles. The van der Waals surface area contributed by atoms with Crippen molar-refractivity contribution in [2.24, 2.45) is 0 Å². The molecule has 1 amide bonds. The summed E-state index contributed by atoms with van der Waals surface area (Å²) in [5, 5.41) is 2.59. The van der Waals surface area contributed by atoms with Gasteiger partial charge in [-0.15, -0.1) is 0 Å². The molecule has 9 heteroatoms. The summed E-state index contributed by atoms with van der Waals surface area (Å²) in [6.07, 6.45) is -4.54. The Balaban J connectivity index is 1.92. The molecule has 6 nitrogen and oxygen atoms in total. The fourth-order valence-electron chi connectivity index (χ4n) is 3.24. The average molecular weight is 421 g/mol. The minimum absolute atomic E-state index is 0.0721. The van der Waals surface area contributed by atoms with Crippen molar-refractivity contribution in [3.8, 4) is 0 Å². The van der Waals surface area contributed by atoms with Crippen molar-refractivity contribution < 1.29 is 27.5 Å². The highest BCUT2D eigenvalue weighted by atomic mass is 19.4. The number of methoxy groups -OCH3 is 1. The Kier molecular flexibility index (Phi) is 6.31. The first kappa shape index (κ1) is 21.6. The second-order valence-electron chi connectivity index (χ2n) is 7.05. The van der Waals surface area contributed by atoms with Crippen LogP contribution in [0.4, 0.5) is 24.5 Å². The number of ether oxygens (including phenoxy) is 1. The summed E-state index contributed by atoms with van der Waals surface area (Å²) in [5.74, 6) is -1.22. The van der Waals surface area contributed by atoms with Gasteiger partial charge in [-0.3, -0.25) is 4.79 Å². The van der Waals surface area contributed by atoms with Crippen LogP contribution in [0, 0.1) is 0 Å². The van der Waals surface area contributed by atoms with Crippen molar-refractivity contribution in [1.82, 2.24) is 4.90 Å². The van der Waals surface area contributed by atoms with Gasteiger partial charge in [0.1, 0.15) is 0 Å². The van der Waals surface area contributed by atoms with Gasteiger partial charge in [-0.05, 0) is 43.4 Å². The number of hydrogen-bond acceptors (Lipinski definition) is 5. The van der Waals surface area contributed by atoms with Crippen LogP contribution in [0.3, 0.4) is 0 Å². The molecule has 160 valence electrons. The van der Waals surface area contributed by atoms with Gasteiger partial charge in [0.15, 0.2) is 0 Å². The number of carbonyl (C=O) groups excluding carboxylic acids is 2. The van der Waals surface area contributed by atoms with E-state index in [4.69, 9.17) is 0 Å². The second kappa shape index (κ2) is 8.74. The third kappa shape index (κ3) is 4.91. The van der Waals surface area contributed by atoms with E-state index in [2.05, 4.69) is 15.0 Å². The van der Waals surface area contributed by atoms with E-state index in [1.807, 2.05) is 11.9 Å². The van der Waals surface area contributed by atoms with E-state index >= 15 is 0 Å². The van der Waals surface area contributed by atoms with E-state index in [9.17, 15) is 22.8 Å². The Labute approximate surface area is 172 Å². The highest BCUT2D eigenvalue weighted by molar-refractivity contribution is 6.07. The molecule has 0 spiro atoms. The molecule has 1 aliphatic rings. The highest BCUT2D eigenvalue weighted by Crippen LogP contribution is 2.36. The molecule has 0 aromatic heterocycles. The van der Waals surface area contributed by atoms with Crippen molar-refractivity contribution in [3.63, 3.8) is 0 Å². The summed E-state index contributed by atoms with van der Waals surface area (Å²) in [6, 6.07) is 9.15. The Morgan fingerprint density at radius 3 is 2.30 bits per heavy atom. The molecule has 0 bridgehead atoms. The van der Waals surface area contributed by atoms with Gasteiger partial charge in [0, 0.05) is 31.7 Å². The zero-order valence-electron chi connectivity index (χ0n) is 16.6. The summed E-state index contributed by atoms with van der Waals surface area (Å²) in [4.78, 5) is 28.5. The van der Waals surface area contributed by atoms with Crippen molar-refractivity contribution in [2.75, 3.05) is 50.6 Å². The first-order chi connectivity index (χ1) is 14.2. The van der Waals surface area contributed by atoms with E-state index in [0.29, 0.717) is 18.8 Å². The third-order valence-electron chi connectivity index (χ3n) is 4.96. The zero-order valence-corrected chi connectivity index (χ0v) is 16.6. The van der Waals surface area contributed by atoms with Gasteiger partial charge in [-0.1, -0.05) is 6.07 Å². The largest absolute Gasteiger partial charge is 0.465 e. The van der Waals surface area contributed by atoms with Crippen molar-refractivity contribution in [2.45, 2.75) is 6.18 Å².